The van der Waals surface area contributed by atoms with Gasteiger partial charge in [-0.3, -0.25) is 9.10 Å². The topological polar surface area (TPSA) is 75.7 Å². The molecule has 1 aliphatic heterocycles. The second kappa shape index (κ2) is 8.00. The second-order valence-electron chi connectivity index (χ2n) is 6.50. The maximum absolute atomic E-state index is 13.2. The summed E-state index contributed by atoms with van der Waals surface area (Å²) in [7, 11) is -2.15. The molecule has 27 heavy (non-hydrogen) atoms. The van der Waals surface area contributed by atoms with Crippen molar-refractivity contribution < 1.29 is 17.9 Å². The number of carbonyl (C=O) groups is 1. The first kappa shape index (κ1) is 19.2. The number of methoxy groups -OCH3 is 1. The number of fused-ring (bicyclic) bond motifs is 1. The van der Waals surface area contributed by atoms with Gasteiger partial charge in [-0.25, -0.2) is 8.42 Å². The number of hydrogen-bond donors (Lipinski definition) is 1. The van der Waals surface area contributed by atoms with E-state index in [1.165, 1.54) is 4.31 Å². The fraction of sp³-hybridized carbons (Fsp3) is 0.350. The number of nitrogens with one attached hydrogen (secondary N) is 1. The summed E-state index contributed by atoms with van der Waals surface area (Å²) in [6, 6.07) is 11.9. The van der Waals surface area contributed by atoms with E-state index >= 15 is 0 Å². The van der Waals surface area contributed by atoms with Crippen LogP contribution in [0.15, 0.2) is 47.4 Å². The van der Waals surface area contributed by atoms with Gasteiger partial charge in [0.2, 0.25) is 5.91 Å². The Bertz CT molecular complexity index is 923. The van der Waals surface area contributed by atoms with Gasteiger partial charge in [0.15, 0.2) is 0 Å². The molecule has 0 fully saturated rings. The van der Waals surface area contributed by atoms with Gasteiger partial charge in [0.25, 0.3) is 10.0 Å². The van der Waals surface area contributed by atoms with E-state index < -0.39 is 10.0 Å². The van der Waals surface area contributed by atoms with Gasteiger partial charge in [0.05, 0.1) is 17.7 Å². The molecular formula is C20H24N2O4S. The summed E-state index contributed by atoms with van der Waals surface area (Å²) in [6.07, 6.45) is 2.76. The van der Waals surface area contributed by atoms with Crippen LogP contribution in [-0.4, -0.2) is 28.0 Å². The van der Waals surface area contributed by atoms with Gasteiger partial charge >= 0.3 is 0 Å². The highest BCUT2D eigenvalue weighted by molar-refractivity contribution is 7.92. The number of aryl methyl sites for hydroxylation is 1. The first-order valence-corrected chi connectivity index (χ1v) is 10.5. The summed E-state index contributed by atoms with van der Waals surface area (Å²) in [5.74, 6) is 0.534. The number of rotatable bonds is 6. The minimum absolute atomic E-state index is 0.0715. The molecule has 7 heteroatoms. The number of anilines is 2. The Labute approximate surface area is 160 Å². The van der Waals surface area contributed by atoms with Crippen molar-refractivity contribution in [1.29, 1.82) is 0 Å². The smallest absolute Gasteiger partial charge is 0.264 e. The van der Waals surface area contributed by atoms with Crippen LogP contribution < -0.4 is 14.4 Å². The fourth-order valence-corrected chi connectivity index (χ4v) is 4.73. The molecule has 144 valence electrons. The highest BCUT2D eigenvalue weighted by Gasteiger charge is 2.29. The Morgan fingerprint density at radius 1 is 1.19 bits per heavy atom. The predicted octanol–water partition coefficient (Wildman–Crippen LogP) is 3.58. The van der Waals surface area contributed by atoms with Crippen molar-refractivity contribution in [3.05, 3.63) is 48.0 Å². The monoisotopic (exact) mass is 388 g/mol. The standard InChI is InChI=1S/C20H24N2O4S/c1-3-5-20(23)21-16-8-7-15-6-4-13-22(19(15)14-16)27(24,25)18-11-9-17(26-2)10-12-18/h7-12,14H,3-6,13H2,1-2H3,(H,21,23). The number of sulfonamides is 1. The highest BCUT2D eigenvalue weighted by Crippen LogP contribution is 2.34. The average molecular weight is 388 g/mol. The van der Waals surface area contributed by atoms with E-state index in [2.05, 4.69) is 5.32 Å². The lowest BCUT2D eigenvalue weighted by Crippen LogP contribution is -2.35. The minimum Gasteiger partial charge on any atom is -0.497 e. The van der Waals surface area contributed by atoms with Gasteiger partial charge in [-0.1, -0.05) is 13.0 Å². The molecular weight excluding hydrogens is 364 g/mol. The Morgan fingerprint density at radius 2 is 1.93 bits per heavy atom. The van der Waals surface area contributed by atoms with Crippen molar-refractivity contribution in [3.63, 3.8) is 0 Å². The Hall–Kier alpha value is -2.54. The van der Waals surface area contributed by atoms with Crippen LogP contribution in [-0.2, 0) is 21.2 Å². The quantitative estimate of drug-likeness (QED) is 0.821. The highest BCUT2D eigenvalue weighted by atomic mass is 32.2. The molecule has 1 aliphatic rings. The average Bonchev–Trinajstić information content (AvgIpc) is 2.67. The lowest BCUT2D eigenvalue weighted by Gasteiger charge is -2.31. The lowest BCUT2D eigenvalue weighted by molar-refractivity contribution is -0.116. The van der Waals surface area contributed by atoms with E-state index in [0.29, 0.717) is 30.1 Å². The van der Waals surface area contributed by atoms with Gasteiger partial charge in [0, 0.05) is 18.7 Å². The fourth-order valence-electron chi connectivity index (χ4n) is 3.19. The molecule has 0 aromatic heterocycles. The molecule has 1 amide bonds. The third kappa shape index (κ3) is 4.08. The number of ether oxygens (including phenoxy) is 1. The number of benzene rings is 2. The first-order chi connectivity index (χ1) is 13.0. The molecule has 1 heterocycles. The lowest BCUT2D eigenvalue weighted by atomic mass is 10.0. The Morgan fingerprint density at radius 3 is 2.59 bits per heavy atom. The number of hydrogen-bond acceptors (Lipinski definition) is 4. The molecule has 0 spiro atoms. The molecule has 2 aromatic rings. The van der Waals surface area contributed by atoms with Crippen LogP contribution in [0.5, 0.6) is 5.75 Å². The van der Waals surface area contributed by atoms with E-state index in [9.17, 15) is 13.2 Å². The van der Waals surface area contributed by atoms with Crippen LogP contribution in [0, 0.1) is 0 Å². The summed E-state index contributed by atoms with van der Waals surface area (Å²) >= 11 is 0. The Balaban J connectivity index is 1.95. The van der Waals surface area contributed by atoms with Crippen molar-refractivity contribution in [1.82, 2.24) is 0 Å². The van der Waals surface area contributed by atoms with Gasteiger partial charge in [-0.05, 0) is 61.2 Å². The van der Waals surface area contributed by atoms with Crippen molar-refractivity contribution in [2.24, 2.45) is 0 Å². The molecule has 0 bridgehead atoms. The van der Waals surface area contributed by atoms with E-state index in [4.69, 9.17) is 4.74 Å². The van der Waals surface area contributed by atoms with Crippen LogP contribution in [0.25, 0.3) is 0 Å². The van der Waals surface area contributed by atoms with Crippen LogP contribution in [0.1, 0.15) is 31.7 Å². The zero-order valence-corrected chi connectivity index (χ0v) is 16.4. The summed E-state index contributed by atoms with van der Waals surface area (Å²) in [4.78, 5) is 12.1. The van der Waals surface area contributed by atoms with E-state index in [1.54, 1.807) is 37.4 Å². The normalized spacial score (nSPS) is 13.8. The summed E-state index contributed by atoms with van der Waals surface area (Å²) in [5.41, 5.74) is 2.21. The molecule has 0 saturated carbocycles. The van der Waals surface area contributed by atoms with Crippen LogP contribution >= 0.6 is 0 Å². The minimum atomic E-state index is -3.69. The van der Waals surface area contributed by atoms with Crippen molar-refractivity contribution in [3.8, 4) is 5.75 Å². The van der Waals surface area contributed by atoms with Crippen molar-refractivity contribution in [2.45, 2.75) is 37.5 Å². The third-order valence-electron chi connectivity index (χ3n) is 4.57. The van der Waals surface area contributed by atoms with Crippen LogP contribution in [0.4, 0.5) is 11.4 Å². The van der Waals surface area contributed by atoms with Crippen molar-refractivity contribution >= 4 is 27.3 Å². The number of nitrogens with zero attached hydrogens (tertiary/aromatic N) is 1. The Kier molecular flexibility index (Phi) is 5.70. The largest absolute Gasteiger partial charge is 0.497 e. The third-order valence-corrected chi connectivity index (χ3v) is 6.40. The molecule has 0 aliphatic carbocycles. The van der Waals surface area contributed by atoms with Gasteiger partial charge in [0.1, 0.15) is 5.75 Å². The van der Waals surface area contributed by atoms with E-state index in [1.807, 2.05) is 19.1 Å². The van der Waals surface area contributed by atoms with Crippen LogP contribution in [0.2, 0.25) is 0 Å². The molecule has 0 radical (unpaired) electrons. The van der Waals surface area contributed by atoms with Gasteiger partial charge in [-0.15, -0.1) is 0 Å². The zero-order chi connectivity index (χ0) is 19.4. The molecule has 0 unspecified atom stereocenters. The number of amides is 1. The second-order valence-corrected chi connectivity index (χ2v) is 8.36. The summed E-state index contributed by atoms with van der Waals surface area (Å²) in [5, 5.41) is 2.84. The molecule has 1 N–H and O–H groups in total. The molecule has 3 rings (SSSR count). The summed E-state index contributed by atoms with van der Waals surface area (Å²) < 4.78 is 32.9. The summed E-state index contributed by atoms with van der Waals surface area (Å²) in [6.45, 7) is 2.35. The molecule has 2 aromatic carbocycles. The molecule has 6 nitrogen and oxygen atoms in total. The maximum Gasteiger partial charge on any atom is 0.264 e. The van der Waals surface area contributed by atoms with Crippen LogP contribution in [0.3, 0.4) is 0 Å². The van der Waals surface area contributed by atoms with E-state index in [-0.39, 0.29) is 10.8 Å². The van der Waals surface area contributed by atoms with Gasteiger partial charge < -0.3 is 10.1 Å². The van der Waals surface area contributed by atoms with E-state index in [0.717, 1.165) is 24.8 Å². The van der Waals surface area contributed by atoms with Gasteiger partial charge in [-0.2, -0.15) is 0 Å². The van der Waals surface area contributed by atoms with Crippen molar-refractivity contribution in [2.75, 3.05) is 23.3 Å². The molecule has 0 saturated heterocycles. The molecule has 0 atom stereocenters. The SMILES string of the molecule is CCCC(=O)Nc1ccc2c(c1)N(S(=O)(=O)c1ccc(OC)cc1)CCC2. The maximum atomic E-state index is 13.2. The first-order valence-electron chi connectivity index (χ1n) is 9.05. The predicted molar refractivity (Wildman–Crippen MR) is 106 cm³/mol. The number of carbonyl (C=O) groups excluding carboxylic acids is 1. The zero-order valence-electron chi connectivity index (χ0n) is 15.6.